The highest BCUT2D eigenvalue weighted by Crippen LogP contribution is 2.37. The molecule has 106 valence electrons. The Hall–Kier alpha value is -2.33. The highest BCUT2D eigenvalue weighted by atomic mass is 35.5. The van der Waals surface area contributed by atoms with Gasteiger partial charge in [-0.05, 0) is 43.2 Å². The first-order chi connectivity index (χ1) is 9.99. The maximum atomic E-state index is 12.2. The first kappa shape index (κ1) is 13.6. The van der Waals surface area contributed by atoms with Gasteiger partial charge in [-0.2, -0.15) is 0 Å². The van der Waals surface area contributed by atoms with E-state index in [4.69, 9.17) is 11.6 Å². The number of fused-ring (bicyclic) bond motifs is 1. The number of nitrogens with one attached hydrogen (secondary N) is 1. The molecule has 0 atom stereocenters. The van der Waals surface area contributed by atoms with E-state index in [1.165, 1.54) is 0 Å². The summed E-state index contributed by atoms with van der Waals surface area (Å²) in [4.78, 5) is 19.3. The van der Waals surface area contributed by atoms with Crippen LogP contribution in [-0.2, 0) is 0 Å². The van der Waals surface area contributed by atoms with Gasteiger partial charge < -0.3 is 10.1 Å². The van der Waals surface area contributed by atoms with E-state index in [0.717, 1.165) is 0 Å². The van der Waals surface area contributed by atoms with Gasteiger partial charge >= 0.3 is 0 Å². The van der Waals surface area contributed by atoms with Gasteiger partial charge in [0.1, 0.15) is 11.6 Å². The van der Waals surface area contributed by atoms with E-state index in [-0.39, 0.29) is 11.3 Å². The van der Waals surface area contributed by atoms with Crippen molar-refractivity contribution in [1.29, 1.82) is 0 Å². The van der Waals surface area contributed by atoms with Crippen LogP contribution in [0.1, 0.15) is 11.1 Å². The molecule has 21 heavy (non-hydrogen) atoms. The SMILES string of the molecule is Cc1cc(Cl)c(C)c(-c2nc3ccccc3c(=O)[nH]2)c1O. The molecule has 2 N–H and O–H groups in total. The monoisotopic (exact) mass is 300 g/mol. The molecule has 0 aliphatic rings. The van der Waals surface area contributed by atoms with Gasteiger partial charge in [0.05, 0.1) is 16.5 Å². The summed E-state index contributed by atoms with van der Waals surface area (Å²) in [7, 11) is 0. The quantitative estimate of drug-likeness (QED) is 0.722. The summed E-state index contributed by atoms with van der Waals surface area (Å²) in [5.74, 6) is 0.398. The maximum Gasteiger partial charge on any atom is 0.259 e. The van der Waals surface area contributed by atoms with E-state index >= 15 is 0 Å². The van der Waals surface area contributed by atoms with Gasteiger partial charge in [-0.1, -0.05) is 23.7 Å². The third kappa shape index (κ3) is 2.17. The van der Waals surface area contributed by atoms with Crippen molar-refractivity contribution in [1.82, 2.24) is 9.97 Å². The molecule has 4 nitrogen and oxygen atoms in total. The number of phenols is 1. The van der Waals surface area contributed by atoms with Crippen LogP contribution in [0.4, 0.5) is 0 Å². The molecule has 5 heteroatoms. The lowest BCUT2D eigenvalue weighted by Crippen LogP contribution is -2.10. The molecule has 0 unspecified atom stereocenters. The summed E-state index contributed by atoms with van der Waals surface area (Å²) in [5.41, 5.74) is 2.11. The van der Waals surface area contributed by atoms with Crippen LogP contribution in [0.3, 0.4) is 0 Å². The van der Waals surface area contributed by atoms with E-state index in [1.54, 1.807) is 38.1 Å². The Labute approximate surface area is 126 Å². The smallest absolute Gasteiger partial charge is 0.259 e. The molecule has 0 spiro atoms. The fourth-order valence-electron chi connectivity index (χ4n) is 2.36. The molecular weight excluding hydrogens is 288 g/mol. The zero-order valence-electron chi connectivity index (χ0n) is 11.6. The van der Waals surface area contributed by atoms with Gasteiger partial charge in [-0.3, -0.25) is 4.79 Å². The average molecular weight is 301 g/mol. The minimum Gasteiger partial charge on any atom is -0.507 e. The number of hydrogen-bond donors (Lipinski definition) is 2. The zero-order valence-corrected chi connectivity index (χ0v) is 12.3. The van der Waals surface area contributed by atoms with Gasteiger partial charge in [-0.15, -0.1) is 0 Å². The van der Waals surface area contributed by atoms with Crippen LogP contribution in [0.15, 0.2) is 35.1 Å². The van der Waals surface area contributed by atoms with Crippen LogP contribution in [0.25, 0.3) is 22.3 Å². The summed E-state index contributed by atoms with van der Waals surface area (Å²) in [6.45, 7) is 3.54. The van der Waals surface area contributed by atoms with E-state index in [1.807, 2.05) is 6.07 Å². The van der Waals surface area contributed by atoms with Gasteiger partial charge in [0.2, 0.25) is 0 Å². The Morgan fingerprint density at radius 1 is 1.24 bits per heavy atom. The highest BCUT2D eigenvalue weighted by molar-refractivity contribution is 6.32. The van der Waals surface area contributed by atoms with Crippen LogP contribution in [0.2, 0.25) is 5.02 Å². The summed E-state index contributed by atoms with van der Waals surface area (Å²) in [5, 5.41) is 11.3. The zero-order chi connectivity index (χ0) is 15.1. The summed E-state index contributed by atoms with van der Waals surface area (Å²) < 4.78 is 0. The van der Waals surface area contributed by atoms with Crippen molar-refractivity contribution >= 4 is 22.5 Å². The second-order valence-electron chi connectivity index (χ2n) is 4.96. The molecule has 0 radical (unpaired) electrons. The number of benzene rings is 2. The van der Waals surface area contributed by atoms with Gasteiger partial charge in [-0.25, -0.2) is 4.98 Å². The molecule has 2 aromatic carbocycles. The molecule has 0 saturated carbocycles. The molecule has 0 aliphatic heterocycles. The lowest BCUT2D eigenvalue weighted by molar-refractivity contribution is 0.472. The highest BCUT2D eigenvalue weighted by Gasteiger charge is 2.16. The molecule has 0 aliphatic carbocycles. The largest absolute Gasteiger partial charge is 0.507 e. The lowest BCUT2D eigenvalue weighted by atomic mass is 10.0. The Balaban J connectivity index is 2.39. The number of aromatic amines is 1. The lowest BCUT2D eigenvalue weighted by Gasteiger charge is -2.12. The summed E-state index contributed by atoms with van der Waals surface area (Å²) in [6.07, 6.45) is 0. The fraction of sp³-hybridized carbons (Fsp3) is 0.125. The van der Waals surface area contributed by atoms with Crippen LogP contribution >= 0.6 is 11.6 Å². The number of aryl methyl sites for hydroxylation is 1. The Kier molecular flexibility index (Phi) is 3.18. The Bertz CT molecular complexity index is 890. The molecule has 0 saturated heterocycles. The molecular formula is C16H13ClN2O2. The molecule has 0 bridgehead atoms. The summed E-state index contributed by atoms with van der Waals surface area (Å²) in [6, 6.07) is 8.76. The van der Waals surface area contributed by atoms with Crippen molar-refractivity contribution in [2.24, 2.45) is 0 Å². The number of hydrogen-bond acceptors (Lipinski definition) is 3. The van der Waals surface area contributed by atoms with Crippen LogP contribution < -0.4 is 5.56 Å². The van der Waals surface area contributed by atoms with Crippen molar-refractivity contribution in [2.45, 2.75) is 13.8 Å². The number of halogens is 1. The maximum absolute atomic E-state index is 12.2. The van der Waals surface area contributed by atoms with Gasteiger partial charge in [0, 0.05) is 5.02 Å². The predicted octanol–water partition coefficient (Wildman–Crippen LogP) is 3.57. The van der Waals surface area contributed by atoms with Gasteiger partial charge in [0.25, 0.3) is 5.56 Å². The number of aromatic hydroxyl groups is 1. The van der Waals surface area contributed by atoms with Crippen molar-refractivity contribution in [3.63, 3.8) is 0 Å². The number of H-pyrrole nitrogens is 1. The average Bonchev–Trinajstić information content (AvgIpc) is 2.46. The third-order valence-corrected chi connectivity index (χ3v) is 3.93. The summed E-state index contributed by atoms with van der Waals surface area (Å²) >= 11 is 6.17. The van der Waals surface area contributed by atoms with Crippen molar-refractivity contribution < 1.29 is 5.11 Å². The predicted molar refractivity (Wildman–Crippen MR) is 83.9 cm³/mol. The normalized spacial score (nSPS) is 11.0. The topological polar surface area (TPSA) is 66.0 Å². The molecule has 1 heterocycles. The fourth-order valence-corrected chi connectivity index (χ4v) is 2.61. The minimum atomic E-state index is -0.243. The standard InChI is InChI=1S/C16H13ClN2O2/c1-8-7-11(17)9(2)13(14(8)20)15-18-12-6-4-3-5-10(12)16(21)19-15/h3-7,20H,1-2H3,(H,18,19,21). The molecule has 0 amide bonds. The van der Waals surface area contributed by atoms with Crippen LogP contribution in [0.5, 0.6) is 5.75 Å². The molecule has 3 rings (SSSR count). The second kappa shape index (κ2) is 4.90. The van der Waals surface area contributed by atoms with E-state index in [9.17, 15) is 9.90 Å². The van der Waals surface area contributed by atoms with Crippen molar-refractivity contribution in [3.8, 4) is 17.1 Å². The first-order valence-electron chi connectivity index (χ1n) is 6.47. The third-order valence-electron chi connectivity index (χ3n) is 3.54. The van der Waals surface area contributed by atoms with E-state index in [0.29, 0.717) is 38.4 Å². The Morgan fingerprint density at radius 3 is 2.71 bits per heavy atom. The van der Waals surface area contributed by atoms with Crippen molar-refractivity contribution in [2.75, 3.05) is 0 Å². The number of para-hydroxylation sites is 1. The van der Waals surface area contributed by atoms with Crippen molar-refractivity contribution in [3.05, 3.63) is 56.8 Å². The molecule has 3 aromatic rings. The number of aromatic nitrogens is 2. The van der Waals surface area contributed by atoms with E-state index in [2.05, 4.69) is 9.97 Å². The molecule has 0 fully saturated rings. The van der Waals surface area contributed by atoms with Crippen LogP contribution in [-0.4, -0.2) is 15.1 Å². The first-order valence-corrected chi connectivity index (χ1v) is 6.85. The number of rotatable bonds is 1. The minimum absolute atomic E-state index is 0.0790. The number of nitrogens with zero attached hydrogens (tertiary/aromatic N) is 1. The number of phenolic OH excluding ortho intramolecular Hbond substituents is 1. The van der Waals surface area contributed by atoms with E-state index < -0.39 is 0 Å². The second-order valence-corrected chi connectivity index (χ2v) is 5.36. The molecule has 1 aromatic heterocycles. The van der Waals surface area contributed by atoms with Crippen LogP contribution in [0, 0.1) is 13.8 Å². The van der Waals surface area contributed by atoms with Gasteiger partial charge in [0.15, 0.2) is 0 Å². The Morgan fingerprint density at radius 2 is 1.95 bits per heavy atom.